The van der Waals surface area contributed by atoms with Gasteiger partial charge in [-0.15, -0.1) is 0 Å². The normalized spacial score (nSPS) is 13.0. The van der Waals surface area contributed by atoms with Gasteiger partial charge in [0.25, 0.3) is 5.69 Å². The van der Waals surface area contributed by atoms with Crippen LogP contribution >= 0.6 is 0 Å². The van der Waals surface area contributed by atoms with E-state index in [-0.39, 0.29) is 18.0 Å². The van der Waals surface area contributed by atoms with Crippen molar-refractivity contribution in [3.63, 3.8) is 0 Å². The molecule has 1 aliphatic heterocycles. The van der Waals surface area contributed by atoms with Gasteiger partial charge in [0.15, 0.2) is 0 Å². The van der Waals surface area contributed by atoms with Crippen LogP contribution in [0.5, 0.6) is 0 Å². The summed E-state index contributed by atoms with van der Waals surface area (Å²) in [6.07, 6.45) is 0.949. The van der Waals surface area contributed by atoms with Crippen molar-refractivity contribution >= 4 is 28.2 Å². The molecule has 1 aromatic heterocycles. The minimum Gasteiger partial charge on any atom is -0.311 e. The number of amides is 1. The van der Waals surface area contributed by atoms with Crippen LogP contribution in [-0.2, 0) is 17.6 Å². The standard InChI is InChI=1S/C21H19N3O3/c1-13-17-5-3-4-6-19(17)22-14(2)18(13)12-21(25)23-10-9-15-7-8-16(24(26)27)11-20(15)23/h3-8,11H,9-10,12H2,1-2H3. The molecule has 0 bridgehead atoms. The lowest BCUT2D eigenvalue weighted by atomic mass is 9.99. The van der Waals surface area contributed by atoms with Gasteiger partial charge in [0.2, 0.25) is 5.91 Å². The predicted octanol–water partition coefficient (Wildman–Crippen LogP) is 3.89. The second-order valence-corrected chi connectivity index (χ2v) is 6.86. The topological polar surface area (TPSA) is 76.3 Å². The Morgan fingerprint density at radius 1 is 1.22 bits per heavy atom. The van der Waals surface area contributed by atoms with E-state index in [4.69, 9.17) is 0 Å². The first kappa shape index (κ1) is 17.1. The van der Waals surface area contributed by atoms with Crippen LogP contribution in [0.2, 0.25) is 0 Å². The monoisotopic (exact) mass is 361 g/mol. The first-order chi connectivity index (χ1) is 13.0. The number of pyridine rings is 1. The number of aryl methyl sites for hydroxylation is 2. The maximum Gasteiger partial charge on any atom is 0.271 e. The van der Waals surface area contributed by atoms with Gasteiger partial charge in [-0.3, -0.25) is 19.9 Å². The maximum atomic E-state index is 13.0. The highest BCUT2D eigenvalue weighted by Gasteiger charge is 2.27. The summed E-state index contributed by atoms with van der Waals surface area (Å²) < 4.78 is 0. The zero-order valence-electron chi connectivity index (χ0n) is 15.2. The SMILES string of the molecule is Cc1nc2ccccc2c(C)c1CC(=O)N1CCc2ccc([N+](=O)[O-])cc21. The maximum absolute atomic E-state index is 13.0. The van der Waals surface area contributed by atoms with Crippen molar-refractivity contribution in [1.29, 1.82) is 0 Å². The molecule has 0 radical (unpaired) electrons. The second kappa shape index (κ2) is 6.46. The molecule has 0 fully saturated rings. The number of benzene rings is 2. The van der Waals surface area contributed by atoms with Gasteiger partial charge in [0.05, 0.1) is 22.5 Å². The Balaban J connectivity index is 1.68. The number of carbonyl (C=O) groups is 1. The lowest BCUT2D eigenvalue weighted by Crippen LogP contribution is -2.31. The largest absolute Gasteiger partial charge is 0.311 e. The second-order valence-electron chi connectivity index (χ2n) is 6.86. The van der Waals surface area contributed by atoms with E-state index < -0.39 is 4.92 Å². The molecule has 1 aliphatic rings. The summed E-state index contributed by atoms with van der Waals surface area (Å²) >= 11 is 0. The fourth-order valence-electron chi connectivity index (χ4n) is 3.82. The van der Waals surface area contributed by atoms with E-state index >= 15 is 0 Å². The molecule has 0 saturated carbocycles. The minimum absolute atomic E-state index is 0.00758. The van der Waals surface area contributed by atoms with Crippen LogP contribution in [0.15, 0.2) is 42.5 Å². The number of hydrogen-bond acceptors (Lipinski definition) is 4. The van der Waals surface area contributed by atoms with Crippen molar-refractivity contribution < 1.29 is 9.72 Å². The van der Waals surface area contributed by atoms with Gasteiger partial charge in [0, 0.05) is 29.8 Å². The third-order valence-electron chi connectivity index (χ3n) is 5.29. The zero-order chi connectivity index (χ0) is 19.1. The first-order valence-electron chi connectivity index (χ1n) is 8.88. The van der Waals surface area contributed by atoms with E-state index in [0.29, 0.717) is 18.7 Å². The molecule has 4 rings (SSSR count). The quantitative estimate of drug-likeness (QED) is 0.524. The first-order valence-corrected chi connectivity index (χ1v) is 8.88. The number of aromatic nitrogens is 1. The Kier molecular flexibility index (Phi) is 4.11. The van der Waals surface area contributed by atoms with E-state index in [1.165, 1.54) is 12.1 Å². The number of nitrogens with zero attached hydrogens (tertiary/aromatic N) is 3. The average molecular weight is 361 g/mol. The zero-order valence-corrected chi connectivity index (χ0v) is 15.2. The van der Waals surface area contributed by atoms with Crippen LogP contribution in [-0.4, -0.2) is 22.4 Å². The summed E-state index contributed by atoms with van der Waals surface area (Å²) in [5.41, 5.74) is 5.39. The van der Waals surface area contributed by atoms with Crippen molar-refractivity contribution in [2.45, 2.75) is 26.7 Å². The number of carbonyl (C=O) groups excluding carboxylic acids is 1. The van der Waals surface area contributed by atoms with E-state index in [1.807, 2.05) is 38.1 Å². The number of fused-ring (bicyclic) bond motifs is 2. The lowest BCUT2D eigenvalue weighted by molar-refractivity contribution is -0.384. The lowest BCUT2D eigenvalue weighted by Gasteiger charge is -2.19. The van der Waals surface area contributed by atoms with E-state index in [0.717, 1.165) is 33.3 Å². The van der Waals surface area contributed by atoms with E-state index in [9.17, 15) is 14.9 Å². The van der Waals surface area contributed by atoms with Gasteiger partial charge in [-0.05, 0) is 43.0 Å². The number of anilines is 1. The fraction of sp³-hybridized carbons (Fsp3) is 0.238. The number of non-ortho nitro benzene ring substituents is 1. The Hall–Kier alpha value is -3.28. The average Bonchev–Trinajstić information content (AvgIpc) is 3.08. The number of nitro groups is 1. The smallest absolute Gasteiger partial charge is 0.271 e. The van der Waals surface area contributed by atoms with Crippen LogP contribution in [0, 0.1) is 24.0 Å². The molecule has 2 heterocycles. The van der Waals surface area contributed by atoms with Crippen LogP contribution in [0.1, 0.15) is 22.4 Å². The predicted molar refractivity (Wildman–Crippen MR) is 104 cm³/mol. The van der Waals surface area contributed by atoms with E-state index in [1.54, 1.807) is 11.0 Å². The molecular weight excluding hydrogens is 342 g/mol. The molecule has 27 heavy (non-hydrogen) atoms. The molecule has 1 amide bonds. The summed E-state index contributed by atoms with van der Waals surface area (Å²) in [7, 11) is 0. The molecule has 0 N–H and O–H groups in total. The van der Waals surface area contributed by atoms with Crippen LogP contribution in [0.3, 0.4) is 0 Å². The summed E-state index contributed by atoms with van der Waals surface area (Å²) in [5, 5.41) is 12.1. The molecule has 0 spiro atoms. The van der Waals surface area contributed by atoms with Gasteiger partial charge in [-0.1, -0.05) is 24.3 Å². The number of nitro benzene ring substituents is 1. The third kappa shape index (κ3) is 2.93. The van der Waals surface area contributed by atoms with E-state index in [2.05, 4.69) is 4.98 Å². The molecular formula is C21H19N3O3. The van der Waals surface area contributed by atoms with Crippen molar-refractivity contribution in [3.8, 4) is 0 Å². The molecule has 0 atom stereocenters. The number of para-hydroxylation sites is 1. The highest BCUT2D eigenvalue weighted by Crippen LogP contribution is 2.32. The molecule has 0 aliphatic carbocycles. The summed E-state index contributed by atoms with van der Waals surface area (Å²) in [6.45, 7) is 4.49. The van der Waals surface area contributed by atoms with Crippen LogP contribution in [0.4, 0.5) is 11.4 Å². The Morgan fingerprint density at radius 2 is 2.00 bits per heavy atom. The van der Waals surface area contributed by atoms with Gasteiger partial charge in [-0.2, -0.15) is 0 Å². The molecule has 6 nitrogen and oxygen atoms in total. The summed E-state index contributed by atoms with van der Waals surface area (Å²) in [6, 6.07) is 12.6. The minimum atomic E-state index is -0.428. The Labute approximate surface area is 156 Å². The highest BCUT2D eigenvalue weighted by atomic mass is 16.6. The number of hydrogen-bond donors (Lipinski definition) is 0. The van der Waals surface area contributed by atoms with Crippen LogP contribution in [0.25, 0.3) is 10.9 Å². The molecule has 2 aromatic carbocycles. The number of rotatable bonds is 3. The Bertz CT molecular complexity index is 1090. The van der Waals surface area contributed by atoms with Crippen LogP contribution < -0.4 is 4.90 Å². The van der Waals surface area contributed by atoms with Gasteiger partial charge in [0.1, 0.15) is 0 Å². The van der Waals surface area contributed by atoms with Gasteiger partial charge < -0.3 is 4.90 Å². The third-order valence-corrected chi connectivity index (χ3v) is 5.29. The van der Waals surface area contributed by atoms with Crippen molar-refractivity contribution in [1.82, 2.24) is 4.98 Å². The van der Waals surface area contributed by atoms with Crippen molar-refractivity contribution in [3.05, 3.63) is 75.0 Å². The fourth-order valence-corrected chi connectivity index (χ4v) is 3.82. The Morgan fingerprint density at radius 3 is 2.78 bits per heavy atom. The molecule has 136 valence electrons. The molecule has 3 aromatic rings. The van der Waals surface area contributed by atoms with Crippen molar-refractivity contribution in [2.75, 3.05) is 11.4 Å². The molecule has 0 saturated heterocycles. The highest BCUT2D eigenvalue weighted by molar-refractivity contribution is 5.98. The molecule has 6 heteroatoms. The summed E-state index contributed by atoms with van der Waals surface area (Å²) in [4.78, 5) is 30.0. The molecule has 0 unspecified atom stereocenters. The van der Waals surface area contributed by atoms with Crippen molar-refractivity contribution in [2.24, 2.45) is 0 Å². The van der Waals surface area contributed by atoms with Gasteiger partial charge >= 0.3 is 0 Å². The van der Waals surface area contributed by atoms with Gasteiger partial charge in [-0.25, -0.2) is 0 Å². The summed E-state index contributed by atoms with van der Waals surface area (Å²) in [5.74, 6) is -0.0578.